The second-order valence-corrected chi connectivity index (χ2v) is 8.88. The first kappa shape index (κ1) is 23.7. The topological polar surface area (TPSA) is 105 Å². The van der Waals surface area contributed by atoms with Crippen molar-refractivity contribution in [2.45, 2.75) is 18.0 Å². The Balaban J connectivity index is 1.90. The maximum absolute atomic E-state index is 13.1. The van der Waals surface area contributed by atoms with Crippen LogP contribution in [0.2, 0.25) is 0 Å². The number of hydrogen-bond donors (Lipinski definition) is 2. The summed E-state index contributed by atoms with van der Waals surface area (Å²) >= 11 is 0. The highest BCUT2D eigenvalue weighted by Crippen LogP contribution is 2.34. The van der Waals surface area contributed by atoms with Crippen molar-refractivity contribution in [2.24, 2.45) is 0 Å². The normalized spacial score (nSPS) is 15.2. The van der Waals surface area contributed by atoms with Gasteiger partial charge in [-0.2, -0.15) is 17.5 Å². The molecule has 0 radical (unpaired) electrons. The first-order chi connectivity index (χ1) is 15.0. The maximum atomic E-state index is 13.1. The Kier molecular flexibility index (Phi) is 6.86. The van der Waals surface area contributed by atoms with Crippen LogP contribution in [0, 0.1) is 0 Å². The highest BCUT2D eigenvalue weighted by molar-refractivity contribution is 7.89. The van der Waals surface area contributed by atoms with Crippen LogP contribution in [0.15, 0.2) is 47.4 Å². The van der Waals surface area contributed by atoms with Gasteiger partial charge in [0.25, 0.3) is 5.91 Å². The number of anilines is 2. The van der Waals surface area contributed by atoms with Gasteiger partial charge in [-0.05, 0) is 36.4 Å². The second-order valence-electron chi connectivity index (χ2n) is 6.94. The Morgan fingerprint density at radius 1 is 1.00 bits per heavy atom. The van der Waals surface area contributed by atoms with Crippen LogP contribution in [0.3, 0.4) is 0 Å². The predicted octanol–water partition coefficient (Wildman–Crippen LogP) is 2.94. The number of nitrogens with one attached hydrogen (secondary N) is 2. The van der Waals surface area contributed by atoms with Gasteiger partial charge in [-0.3, -0.25) is 9.59 Å². The fourth-order valence-electron chi connectivity index (χ4n) is 3.05. The molecule has 0 aliphatic carbocycles. The molecule has 1 heterocycles. The molecule has 2 aromatic carbocycles. The Morgan fingerprint density at radius 3 is 2.31 bits per heavy atom. The van der Waals surface area contributed by atoms with Crippen LogP contribution in [0.5, 0.6) is 0 Å². The molecule has 0 saturated carbocycles. The zero-order chi connectivity index (χ0) is 23.5. The van der Waals surface area contributed by atoms with E-state index in [2.05, 4.69) is 10.6 Å². The number of halogens is 3. The molecule has 32 heavy (non-hydrogen) atoms. The van der Waals surface area contributed by atoms with E-state index in [1.165, 1.54) is 29.4 Å². The van der Waals surface area contributed by atoms with Crippen molar-refractivity contribution >= 4 is 33.2 Å². The van der Waals surface area contributed by atoms with E-state index in [0.29, 0.717) is 6.07 Å². The molecule has 1 fully saturated rings. The van der Waals surface area contributed by atoms with Gasteiger partial charge in [0.1, 0.15) is 0 Å². The number of sulfonamides is 1. The molecule has 1 aliphatic rings. The van der Waals surface area contributed by atoms with Crippen molar-refractivity contribution in [2.75, 3.05) is 36.9 Å². The largest absolute Gasteiger partial charge is 0.416 e. The molecule has 1 saturated heterocycles. The third kappa shape index (κ3) is 5.44. The number of carbonyl (C=O) groups excluding carboxylic acids is 2. The lowest BCUT2D eigenvalue weighted by Gasteiger charge is -2.26. The molecule has 3 rings (SSSR count). The second kappa shape index (κ2) is 9.27. The van der Waals surface area contributed by atoms with Crippen LogP contribution < -0.4 is 10.6 Å². The number of hydrogen-bond acceptors (Lipinski definition) is 5. The summed E-state index contributed by atoms with van der Waals surface area (Å²) in [5.41, 5.74) is -1.41. The molecule has 8 nitrogen and oxygen atoms in total. The first-order valence-electron chi connectivity index (χ1n) is 9.46. The zero-order valence-corrected chi connectivity index (χ0v) is 17.7. The minimum absolute atomic E-state index is 0.0315. The van der Waals surface area contributed by atoms with Crippen LogP contribution >= 0.6 is 0 Å². The van der Waals surface area contributed by atoms with Gasteiger partial charge >= 0.3 is 6.18 Å². The van der Waals surface area contributed by atoms with Gasteiger partial charge in [-0.1, -0.05) is 6.07 Å². The smallest absolute Gasteiger partial charge is 0.379 e. The van der Waals surface area contributed by atoms with Crippen molar-refractivity contribution in [3.63, 3.8) is 0 Å². The van der Waals surface area contributed by atoms with Crippen molar-refractivity contribution in [3.8, 4) is 0 Å². The highest BCUT2D eigenvalue weighted by Gasteiger charge is 2.31. The van der Waals surface area contributed by atoms with E-state index in [-0.39, 0.29) is 48.1 Å². The number of nitrogens with zero attached hydrogens (tertiary/aromatic N) is 1. The summed E-state index contributed by atoms with van der Waals surface area (Å²) in [5.74, 6) is -1.38. The lowest BCUT2D eigenvalue weighted by molar-refractivity contribution is -0.137. The van der Waals surface area contributed by atoms with Crippen molar-refractivity contribution in [3.05, 3.63) is 53.6 Å². The summed E-state index contributed by atoms with van der Waals surface area (Å²) in [4.78, 5) is 24.0. The summed E-state index contributed by atoms with van der Waals surface area (Å²) < 4.78 is 71.3. The van der Waals surface area contributed by atoms with Gasteiger partial charge in [0.05, 0.1) is 35.0 Å². The molecule has 172 valence electrons. The van der Waals surface area contributed by atoms with Crippen molar-refractivity contribution in [1.82, 2.24) is 4.31 Å². The molecular weight excluding hydrogens is 451 g/mol. The number of carbonyl (C=O) groups is 2. The van der Waals surface area contributed by atoms with E-state index in [0.717, 1.165) is 18.2 Å². The summed E-state index contributed by atoms with van der Waals surface area (Å²) in [6.07, 6.45) is -4.67. The minimum atomic E-state index is -4.67. The van der Waals surface area contributed by atoms with Crippen LogP contribution in [-0.2, 0) is 25.7 Å². The molecule has 0 spiro atoms. The molecule has 2 aromatic rings. The van der Waals surface area contributed by atoms with Gasteiger partial charge in [-0.25, -0.2) is 8.42 Å². The third-order valence-corrected chi connectivity index (χ3v) is 6.50. The number of amides is 2. The maximum Gasteiger partial charge on any atom is 0.416 e. The number of alkyl halides is 3. The third-order valence-electron chi connectivity index (χ3n) is 4.61. The summed E-state index contributed by atoms with van der Waals surface area (Å²) in [5, 5.41) is 4.67. The molecule has 0 bridgehead atoms. The quantitative estimate of drug-likeness (QED) is 0.698. The fraction of sp³-hybridized carbons (Fsp3) is 0.300. The fourth-order valence-corrected chi connectivity index (χ4v) is 4.51. The van der Waals surface area contributed by atoms with Crippen molar-refractivity contribution < 1.29 is 35.9 Å². The van der Waals surface area contributed by atoms with E-state index in [9.17, 15) is 31.2 Å². The Hall–Kier alpha value is -2.96. The van der Waals surface area contributed by atoms with Gasteiger partial charge < -0.3 is 15.4 Å². The van der Waals surface area contributed by atoms with Crippen LogP contribution in [0.25, 0.3) is 0 Å². The Bertz CT molecular complexity index is 1130. The van der Waals surface area contributed by atoms with E-state index >= 15 is 0 Å². The molecule has 2 N–H and O–H groups in total. The van der Waals surface area contributed by atoms with Crippen LogP contribution in [-0.4, -0.2) is 50.8 Å². The number of benzene rings is 2. The average molecular weight is 471 g/mol. The molecule has 1 aliphatic heterocycles. The van der Waals surface area contributed by atoms with E-state index in [4.69, 9.17) is 4.74 Å². The number of morpholine rings is 1. The van der Waals surface area contributed by atoms with Gasteiger partial charge in [0, 0.05) is 25.6 Å². The highest BCUT2D eigenvalue weighted by atomic mass is 32.2. The Labute approximate surface area is 182 Å². The predicted molar refractivity (Wildman–Crippen MR) is 110 cm³/mol. The number of rotatable bonds is 5. The SMILES string of the molecule is CC(=O)Nc1ccc(C(F)(F)F)cc1NC(=O)c1cccc(S(=O)(=O)N2CCOCC2)c1. The standard InChI is InChI=1S/C20H20F3N3O5S/c1-13(27)24-17-6-5-15(20(21,22)23)12-18(17)25-19(28)14-3-2-4-16(11-14)32(29,30)26-7-9-31-10-8-26/h2-6,11-12H,7-10H2,1H3,(H,24,27)(H,25,28). The molecule has 2 amide bonds. The van der Waals surface area contributed by atoms with Gasteiger partial charge in [0.15, 0.2) is 0 Å². The lowest BCUT2D eigenvalue weighted by atomic mass is 10.1. The summed E-state index contributed by atoms with van der Waals surface area (Å²) in [7, 11) is -3.87. The zero-order valence-electron chi connectivity index (χ0n) is 16.9. The number of ether oxygens (including phenoxy) is 1. The summed E-state index contributed by atoms with van der Waals surface area (Å²) in [6, 6.07) is 7.66. The lowest BCUT2D eigenvalue weighted by Crippen LogP contribution is -2.40. The minimum Gasteiger partial charge on any atom is -0.379 e. The molecule has 0 unspecified atom stereocenters. The van der Waals surface area contributed by atoms with Crippen molar-refractivity contribution in [1.29, 1.82) is 0 Å². The Morgan fingerprint density at radius 2 is 1.69 bits per heavy atom. The average Bonchev–Trinajstić information content (AvgIpc) is 2.74. The van der Waals surface area contributed by atoms with Gasteiger partial charge in [-0.15, -0.1) is 0 Å². The monoisotopic (exact) mass is 471 g/mol. The van der Waals surface area contributed by atoms with Gasteiger partial charge in [0.2, 0.25) is 15.9 Å². The van der Waals surface area contributed by atoms with E-state index in [1.807, 2.05) is 0 Å². The van der Waals surface area contributed by atoms with E-state index < -0.39 is 33.6 Å². The first-order valence-corrected chi connectivity index (χ1v) is 10.9. The summed E-state index contributed by atoms with van der Waals surface area (Å²) in [6.45, 7) is 2.01. The van der Waals surface area contributed by atoms with Crippen LogP contribution in [0.1, 0.15) is 22.8 Å². The molecule has 0 aromatic heterocycles. The molecule has 0 atom stereocenters. The molecular formula is C20H20F3N3O5S. The molecule has 12 heteroatoms. The van der Waals surface area contributed by atoms with E-state index in [1.54, 1.807) is 0 Å². The van der Waals surface area contributed by atoms with Crippen LogP contribution in [0.4, 0.5) is 24.5 Å².